The molecule has 1 saturated heterocycles. The standard InChI is InChI=1S/C21H27N5O4/c1-29-18-15(5-4-9-22-18)11-24-10-8-21(13-24)14-25-17(12-30-21)23-26(20(28)19(25)27)16-6-2-3-7-16/h4-5,9,16H,2-3,6-8,10-14H2,1H3/t21-/m1/s1. The highest BCUT2D eigenvalue weighted by molar-refractivity contribution is 5.25. The molecule has 9 heteroatoms. The Morgan fingerprint density at radius 3 is 2.87 bits per heavy atom. The van der Waals surface area contributed by atoms with E-state index in [1.54, 1.807) is 17.9 Å². The quantitative estimate of drug-likeness (QED) is 0.693. The third-order valence-electron chi connectivity index (χ3n) is 6.63. The fourth-order valence-electron chi connectivity index (χ4n) is 5.05. The number of ether oxygens (including phenoxy) is 2. The first-order valence-electron chi connectivity index (χ1n) is 10.7. The second-order valence-electron chi connectivity index (χ2n) is 8.60. The molecule has 1 spiro atoms. The lowest BCUT2D eigenvalue weighted by molar-refractivity contribution is -0.0861. The van der Waals surface area contributed by atoms with Crippen LogP contribution in [0.4, 0.5) is 0 Å². The van der Waals surface area contributed by atoms with E-state index in [2.05, 4.69) is 15.0 Å². The van der Waals surface area contributed by atoms with Gasteiger partial charge in [-0.15, -0.1) is 0 Å². The molecular formula is C21H27N5O4. The zero-order valence-electron chi connectivity index (χ0n) is 17.2. The van der Waals surface area contributed by atoms with E-state index < -0.39 is 16.7 Å². The van der Waals surface area contributed by atoms with Crippen LogP contribution in [0.3, 0.4) is 0 Å². The normalized spacial score (nSPS) is 24.4. The lowest BCUT2D eigenvalue weighted by atomic mass is 10.0. The molecule has 30 heavy (non-hydrogen) atoms. The van der Waals surface area contributed by atoms with Crippen LogP contribution in [0.2, 0.25) is 0 Å². The highest BCUT2D eigenvalue weighted by atomic mass is 16.5. The van der Waals surface area contributed by atoms with E-state index in [4.69, 9.17) is 9.47 Å². The minimum Gasteiger partial charge on any atom is -0.481 e. The van der Waals surface area contributed by atoms with Crippen LogP contribution in [-0.2, 0) is 24.4 Å². The van der Waals surface area contributed by atoms with Gasteiger partial charge in [-0.1, -0.05) is 18.9 Å². The van der Waals surface area contributed by atoms with Crippen molar-refractivity contribution in [2.45, 2.75) is 63.4 Å². The number of likely N-dealkylation sites (tertiary alicyclic amines) is 1. The molecule has 2 aliphatic heterocycles. The van der Waals surface area contributed by atoms with E-state index in [0.29, 0.717) is 31.3 Å². The Morgan fingerprint density at radius 2 is 2.07 bits per heavy atom. The van der Waals surface area contributed by atoms with Gasteiger partial charge in [-0.3, -0.25) is 19.1 Å². The molecule has 0 amide bonds. The smallest absolute Gasteiger partial charge is 0.332 e. The van der Waals surface area contributed by atoms with Gasteiger partial charge in [0.05, 0.1) is 19.7 Å². The van der Waals surface area contributed by atoms with Crippen molar-refractivity contribution in [3.63, 3.8) is 0 Å². The van der Waals surface area contributed by atoms with Crippen LogP contribution in [0.1, 0.15) is 49.5 Å². The molecule has 1 atom stereocenters. The maximum atomic E-state index is 12.9. The van der Waals surface area contributed by atoms with Crippen molar-refractivity contribution in [3.8, 4) is 5.88 Å². The summed E-state index contributed by atoms with van der Waals surface area (Å²) in [6.07, 6.45) is 6.49. The molecule has 4 heterocycles. The summed E-state index contributed by atoms with van der Waals surface area (Å²) >= 11 is 0. The van der Waals surface area contributed by atoms with Gasteiger partial charge in [0.2, 0.25) is 5.88 Å². The number of hydrogen-bond acceptors (Lipinski definition) is 7. The zero-order chi connectivity index (χ0) is 20.7. The van der Waals surface area contributed by atoms with Gasteiger partial charge < -0.3 is 9.47 Å². The third kappa shape index (κ3) is 3.35. The molecular weight excluding hydrogens is 386 g/mol. The molecule has 9 nitrogen and oxygen atoms in total. The van der Waals surface area contributed by atoms with Crippen molar-refractivity contribution in [3.05, 3.63) is 50.4 Å². The van der Waals surface area contributed by atoms with Crippen molar-refractivity contribution in [1.29, 1.82) is 0 Å². The van der Waals surface area contributed by atoms with Gasteiger partial charge in [0.15, 0.2) is 5.82 Å². The Labute approximate surface area is 174 Å². The van der Waals surface area contributed by atoms with Crippen molar-refractivity contribution in [1.82, 2.24) is 24.2 Å². The van der Waals surface area contributed by atoms with Crippen LogP contribution in [0.25, 0.3) is 0 Å². The van der Waals surface area contributed by atoms with Gasteiger partial charge in [0, 0.05) is 31.4 Å². The molecule has 160 valence electrons. The predicted octanol–water partition coefficient (Wildman–Crippen LogP) is 1.10. The highest BCUT2D eigenvalue weighted by Crippen LogP contribution is 2.33. The number of fused-ring (bicyclic) bond motifs is 1. The lowest BCUT2D eigenvalue weighted by Gasteiger charge is -2.35. The molecule has 2 aromatic heterocycles. The van der Waals surface area contributed by atoms with Crippen LogP contribution in [-0.4, -0.2) is 50.0 Å². The molecule has 5 rings (SSSR count). The average Bonchev–Trinajstić information content (AvgIpc) is 3.42. The minimum atomic E-state index is -0.502. The fourth-order valence-corrected chi connectivity index (χ4v) is 5.05. The van der Waals surface area contributed by atoms with E-state index >= 15 is 0 Å². The molecule has 1 saturated carbocycles. The Balaban J connectivity index is 1.36. The van der Waals surface area contributed by atoms with Crippen LogP contribution in [0.15, 0.2) is 27.9 Å². The molecule has 2 aromatic rings. The van der Waals surface area contributed by atoms with Gasteiger partial charge >= 0.3 is 11.1 Å². The number of methoxy groups -OCH3 is 1. The van der Waals surface area contributed by atoms with Crippen molar-refractivity contribution < 1.29 is 9.47 Å². The van der Waals surface area contributed by atoms with Crippen LogP contribution in [0.5, 0.6) is 5.88 Å². The Bertz CT molecular complexity index is 1060. The van der Waals surface area contributed by atoms with E-state index in [-0.39, 0.29) is 12.6 Å². The molecule has 0 radical (unpaired) electrons. The minimum absolute atomic E-state index is 0.0448. The van der Waals surface area contributed by atoms with Crippen molar-refractivity contribution in [2.24, 2.45) is 0 Å². The third-order valence-corrected chi connectivity index (χ3v) is 6.63. The van der Waals surface area contributed by atoms with Gasteiger partial charge in [-0.05, 0) is 25.3 Å². The van der Waals surface area contributed by atoms with Crippen LogP contribution >= 0.6 is 0 Å². The predicted molar refractivity (Wildman–Crippen MR) is 108 cm³/mol. The zero-order valence-corrected chi connectivity index (χ0v) is 17.2. The van der Waals surface area contributed by atoms with E-state index in [1.807, 2.05) is 12.1 Å². The topological polar surface area (TPSA) is 91.5 Å². The number of pyridine rings is 1. The first-order chi connectivity index (χ1) is 14.6. The van der Waals surface area contributed by atoms with Crippen molar-refractivity contribution in [2.75, 3.05) is 20.2 Å². The summed E-state index contributed by atoms with van der Waals surface area (Å²) in [5.41, 5.74) is -0.425. The number of aromatic nitrogens is 4. The Hall–Kier alpha value is -2.52. The van der Waals surface area contributed by atoms with Gasteiger partial charge in [-0.2, -0.15) is 5.10 Å². The number of hydrogen-bond donors (Lipinski definition) is 0. The van der Waals surface area contributed by atoms with Gasteiger partial charge in [0.25, 0.3) is 0 Å². The number of nitrogens with zero attached hydrogens (tertiary/aromatic N) is 5. The summed E-state index contributed by atoms with van der Waals surface area (Å²) in [6, 6.07) is 3.95. The van der Waals surface area contributed by atoms with E-state index in [0.717, 1.165) is 44.2 Å². The first-order valence-corrected chi connectivity index (χ1v) is 10.7. The molecule has 2 fully saturated rings. The second kappa shape index (κ2) is 7.63. The lowest BCUT2D eigenvalue weighted by Crippen LogP contribution is -2.53. The maximum absolute atomic E-state index is 12.9. The average molecular weight is 413 g/mol. The summed E-state index contributed by atoms with van der Waals surface area (Å²) in [7, 11) is 1.62. The first kappa shape index (κ1) is 19.4. The molecule has 0 N–H and O–H groups in total. The molecule has 3 aliphatic rings. The Kier molecular flexibility index (Phi) is 4.94. The molecule has 1 aliphatic carbocycles. The SMILES string of the molecule is COc1ncccc1CN1CC[C@@]2(C1)Cn1c(nn(C3CCCC3)c(=O)c1=O)CO2. The molecule has 0 bridgehead atoms. The summed E-state index contributed by atoms with van der Waals surface area (Å²) < 4.78 is 14.6. The maximum Gasteiger partial charge on any atom is 0.332 e. The fraction of sp³-hybridized carbons (Fsp3) is 0.619. The highest BCUT2D eigenvalue weighted by Gasteiger charge is 2.43. The van der Waals surface area contributed by atoms with Gasteiger partial charge in [0.1, 0.15) is 12.2 Å². The van der Waals surface area contributed by atoms with Crippen molar-refractivity contribution >= 4 is 0 Å². The Morgan fingerprint density at radius 1 is 1.23 bits per heavy atom. The largest absolute Gasteiger partial charge is 0.481 e. The summed E-state index contributed by atoms with van der Waals surface area (Å²) in [5, 5.41) is 4.52. The summed E-state index contributed by atoms with van der Waals surface area (Å²) in [5.74, 6) is 1.19. The monoisotopic (exact) mass is 413 g/mol. The molecule has 0 unspecified atom stereocenters. The van der Waals surface area contributed by atoms with Crippen LogP contribution < -0.4 is 15.9 Å². The van der Waals surface area contributed by atoms with Crippen LogP contribution in [0, 0.1) is 0 Å². The van der Waals surface area contributed by atoms with E-state index in [9.17, 15) is 9.59 Å². The molecule has 0 aromatic carbocycles. The van der Waals surface area contributed by atoms with E-state index in [1.165, 1.54) is 4.68 Å². The summed E-state index contributed by atoms with van der Waals surface area (Å²) in [4.78, 5) is 32.1. The van der Waals surface area contributed by atoms with Gasteiger partial charge in [-0.25, -0.2) is 9.67 Å². The summed E-state index contributed by atoms with van der Waals surface area (Å²) in [6.45, 7) is 2.85. The number of rotatable bonds is 4. The second-order valence-corrected chi connectivity index (χ2v) is 8.60.